The van der Waals surface area contributed by atoms with Crippen molar-refractivity contribution in [3.63, 3.8) is 0 Å². The first kappa shape index (κ1) is 30.3. The summed E-state index contributed by atoms with van der Waals surface area (Å²) >= 11 is 5.86. The van der Waals surface area contributed by atoms with E-state index in [-0.39, 0.29) is 39.3 Å². The van der Waals surface area contributed by atoms with Crippen LogP contribution in [0.3, 0.4) is 0 Å². The molecule has 0 aliphatic rings. The van der Waals surface area contributed by atoms with Crippen LogP contribution in [-0.4, -0.2) is 73.6 Å². The van der Waals surface area contributed by atoms with Crippen molar-refractivity contribution in [2.45, 2.75) is 38.7 Å². The number of nitrogens with zero attached hydrogens (tertiary/aromatic N) is 1. The molecule has 1 atom stereocenters. The summed E-state index contributed by atoms with van der Waals surface area (Å²) in [6, 6.07) is 13.2. The summed E-state index contributed by atoms with van der Waals surface area (Å²) in [7, 11) is 0. The summed E-state index contributed by atoms with van der Waals surface area (Å²) in [4.78, 5) is 25.3. The highest BCUT2D eigenvalue weighted by atomic mass is 35.5. The average Bonchev–Trinajstić information content (AvgIpc) is 2.84. The van der Waals surface area contributed by atoms with Gasteiger partial charge in [0.05, 0.1) is 19.8 Å². The van der Waals surface area contributed by atoms with Crippen LogP contribution in [0.25, 0.3) is 0 Å². The van der Waals surface area contributed by atoms with E-state index in [4.69, 9.17) is 30.5 Å². The second-order valence-electron chi connectivity index (χ2n) is 8.22. The van der Waals surface area contributed by atoms with E-state index in [0.29, 0.717) is 23.1 Å². The Morgan fingerprint density at radius 3 is 2.22 bits per heavy atom. The van der Waals surface area contributed by atoms with Gasteiger partial charge >= 0.3 is 12.1 Å². The summed E-state index contributed by atoms with van der Waals surface area (Å²) in [6.45, 7) is 3.13. The number of hydrogen-bond acceptors (Lipinski definition) is 6. The number of alkyl halides is 2. The van der Waals surface area contributed by atoms with Gasteiger partial charge in [0.15, 0.2) is 6.10 Å². The summed E-state index contributed by atoms with van der Waals surface area (Å²) in [5.41, 5.74) is 0.774. The quantitative estimate of drug-likeness (QED) is 0.287. The van der Waals surface area contributed by atoms with Gasteiger partial charge < -0.3 is 29.0 Å². The SMILES string of the molecule is CCOC(Cc1ccc(OCCN(CCOCCC(C)(F)F)C(=O)Oc2ccc(Cl)cc2)cc1)C(=O)O. The monoisotopic (exact) mass is 543 g/mol. The summed E-state index contributed by atoms with van der Waals surface area (Å²) in [5.74, 6) is -3.03. The number of carboxylic acid groups (broad SMARTS) is 1. The number of ether oxygens (including phenoxy) is 4. The Hall–Kier alpha value is -2.95. The Labute approximate surface area is 220 Å². The van der Waals surface area contributed by atoms with Crippen LogP contribution < -0.4 is 9.47 Å². The molecule has 0 heterocycles. The van der Waals surface area contributed by atoms with Crippen LogP contribution in [0.2, 0.25) is 5.02 Å². The van der Waals surface area contributed by atoms with E-state index in [0.717, 1.165) is 12.5 Å². The Bertz CT molecular complexity index is 968. The molecule has 0 aliphatic heterocycles. The van der Waals surface area contributed by atoms with Crippen LogP contribution in [0.15, 0.2) is 48.5 Å². The first-order valence-corrected chi connectivity index (χ1v) is 12.2. The largest absolute Gasteiger partial charge is 0.492 e. The maximum atomic E-state index is 13.0. The van der Waals surface area contributed by atoms with Crippen LogP contribution in [0.5, 0.6) is 11.5 Å². The minimum atomic E-state index is -2.83. The van der Waals surface area contributed by atoms with Crippen LogP contribution >= 0.6 is 11.6 Å². The molecule has 1 N–H and O–H groups in total. The summed E-state index contributed by atoms with van der Waals surface area (Å²) in [5, 5.41) is 9.72. The lowest BCUT2D eigenvalue weighted by atomic mass is 10.1. The highest BCUT2D eigenvalue weighted by molar-refractivity contribution is 6.30. The van der Waals surface area contributed by atoms with Gasteiger partial charge in [-0.1, -0.05) is 23.7 Å². The lowest BCUT2D eigenvalue weighted by Gasteiger charge is -2.22. The van der Waals surface area contributed by atoms with Crippen molar-refractivity contribution in [2.24, 2.45) is 0 Å². The minimum Gasteiger partial charge on any atom is -0.492 e. The first-order chi connectivity index (χ1) is 17.6. The van der Waals surface area contributed by atoms with E-state index in [1.165, 1.54) is 4.90 Å². The van der Waals surface area contributed by atoms with Crippen molar-refractivity contribution in [3.8, 4) is 11.5 Å². The van der Waals surface area contributed by atoms with Crippen molar-refractivity contribution in [2.75, 3.05) is 39.5 Å². The molecule has 0 fully saturated rings. The van der Waals surface area contributed by atoms with Crippen LogP contribution in [0.4, 0.5) is 13.6 Å². The zero-order valence-electron chi connectivity index (χ0n) is 20.8. The molecule has 37 heavy (non-hydrogen) atoms. The minimum absolute atomic E-state index is 0.0467. The van der Waals surface area contributed by atoms with E-state index < -0.39 is 30.5 Å². The van der Waals surface area contributed by atoms with Crippen LogP contribution in [0.1, 0.15) is 25.8 Å². The number of carbonyl (C=O) groups excluding carboxylic acids is 1. The maximum Gasteiger partial charge on any atom is 0.415 e. The smallest absolute Gasteiger partial charge is 0.415 e. The third-order valence-corrected chi connectivity index (χ3v) is 5.34. The molecule has 2 rings (SSSR count). The zero-order valence-corrected chi connectivity index (χ0v) is 21.6. The Kier molecular flexibility index (Phi) is 12.5. The number of amides is 1. The maximum absolute atomic E-state index is 13.0. The number of carbonyl (C=O) groups is 2. The molecule has 1 amide bonds. The van der Waals surface area contributed by atoms with Crippen molar-refractivity contribution >= 4 is 23.7 Å². The number of carboxylic acids is 1. The van der Waals surface area contributed by atoms with E-state index in [2.05, 4.69) is 0 Å². The molecule has 0 saturated carbocycles. The normalized spacial score (nSPS) is 12.1. The van der Waals surface area contributed by atoms with E-state index in [1.54, 1.807) is 55.5 Å². The van der Waals surface area contributed by atoms with Gasteiger partial charge in [-0.3, -0.25) is 0 Å². The highest BCUT2D eigenvalue weighted by Gasteiger charge is 2.21. The van der Waals surface area contributed by atoms with Crippen molar-refractivity contribution in [3.05, 3.63) is 59.1 Å². The molecule has 2 aromatic rings. The summed E-state index contributed by atoms with van der Waals surface area (Å²) in [6.07, 6.45) is -1.78. The zero-order chi connectivity index (χ0) is 27.3. The van der Waals surface area contributed by atoms with Gasteiger partial charge in [0.1, 0.15) is 18.1 Å². The molecular formula is C26H32ClF2NO7. The molecule has 2 aromatic carbocycles. The number of halogens is 3. The van der Waals surface area contributed by atoms with Crippen LogP contribution in [0, 0.1) is 0 Å². The van der Waals surface area contributed by atoms with Crippen molar-refractivity contribution in [1.82, 2.24) is 4.90 Å². The molecule has 1 unspecified atom stereocenters. The fourth-order valence-corrected chi connectivity index (χ4v) is 3.24. The van der Waals surface area contributed by atoms with Crippen LogP contribution in [-0.2, 0) is 20.7 Å². The standard InChI is InChI=1S/C26H32ClF2NO7/c1-3-35-23(24(31)32)18-19-4-8-21(9-5-19)36-17-14-30(13-16-34-15-12-26(2,28)29)25(33)37-22-10-6-20(27)7-11-22/h4-11,23H,3,12-18H2,1-2H3,(H,31,32). The van der Waals surface area contributed by atoms with E-state index in [9.17, 15) is 23.5 Å². The highest BCUT2D eigenvalue weighted by Crippen LogP contribution is 2.18. The van der Waals surface area contributed by atoms with Gasteiger partial charge in [-0.05, 0) is 55.8 Å². The fraction of sp³-hybridized carbons (Fsp3) is 0.462. The first-order valence-electron chi connectivity index (χ1n) is 11.8. The van der Waals surface area contributed by atoms with Crippen molar-refractivity contribution < 1.29 is 42.4 Å². The number of benzene rings is 2. The Morgan fingerprint density at radius 2 is 1.62 bits per heavy atom. The topological polar surface area (TPSA) is 94.5 Å². The third-order valence-electron chi connectivity index (χ3n) is 5.09. The third kappa shape index (κ3) is 12.2. The van der Waals surface area contributed by atoms with E-state index in [1.807, 2.05) is 0 Å². The van der Waals surface area contributed by atoms with E-state index >= 15 is 0 Å². The molecule has 204 valence electrons. The lowest BCUT2D eigenvalue weighted by molar-refractivity contribution is -0.149. The van der Waals surface area contributed by atoms with Crippen molar-refractivity contribution in [1.29, 1.82) is 0 Å². The van der Waals surface area contributed by atoms with Gasteiger partial charge in [-0.25, -0.2) is 18.4 Å². The molecule has 0 spiro atoms. The summed E-state index contributed by atoms with van der Waals surface area (Å²) < 4.78 is 47.5. The Balaban J connectivity index is 1.90. The predicted octanol–water partition coefficient (Wildman–Crippen LogP) is 5.31. The molecule has 0 aliphatic carbocycles. The lowest BCUT2D eigenvalue weighted by Crippen LogP contribution is -2.39. The molecular weight excluding hydrogens is 512 g/mol. The molecule has 0 aromatic heterocycles. The molecule has 11 heteroatoms. The fourth-order valence-electron chi connectivity index (χ4n) is 3.12. The number of hydrogen-bond donors (Lipinski definition) is 1. The molecule has 8 nitrogen and oxygen atoms in total. The molecule has 0 bridgehead atoms. The van der Waals surface area contributed by atoms with Gasteiger partial charge in [-0.15, -0.1) is 0 Å². The van der Waals surface area contributed by atoms with Gasteiger partial charge in [-0.2, -0.15) is 0 Å². The van der Waals surface area contributed by atoms with Gasteiger partial charge in [0.2, 0.25) is 5.92 Å². The predicted molar refractivity (Wildman–Crippen MR) is 134 cm³/mol. The Morgan fingerprint density at radius 1 is 1.00 bits per heavy atom. The van der Waals surface area contributed by atoms with Gasteiger partial charge in [0.25, 0.3) is 0 Å². The average molecular weight is 544 g/mol. The number of aliphatic carboxylic acids is 1. The molecule has 0 radical (unpaired) electrons. The molecule has 0 saturated heterocycles. The second kappa shape index (κ2) is 15.3. The number of rotatable bonds is 16. The van der Waals surface area contributed by atoms with Gasteiger partial charge in [0, 0.05) is 31.0 Å². The second-order valence-corrected chi connectivity index (χ2v) is 8.66.